The van der Waals surface area contributed by atoms with E-state index in [-0.39, 0.29) is 16.3 Å². The van der Waals surface area contributed by atoms with Gasteiger partial charge in [-0.15, -0.1) is 0 Å². The van der Waals surface area contributed by atoms with Crippen molar-refractivity contribution in [3.63, 3.8) is 0 Å². The highest BCUT2D eigenvalue weighted by Gasteiger charge is 2.14. The molecule has 0 atom stereocenters. The van der Waals surface area contributed by atoms with E-state index in [0.29, 0.717) is 11.3 Å². The fraction of sp³-hybridized carbons (Fsp3) is 0. The van der Waals surface area contributed by atoms with Gasteiger partial charge in [-0.25, -0.2) is 4.79 Å². The summed E-state index contributed by atoms with van der Waals surface area (Å²) in [5.41, 5.74) is 6.57. The van der Waals surface area contributed by atoms with E-state index in [1.165, 1.54) is 18.2 Å². The van der Waals surface area contributed by atoms with Crippen LogP contribution in [-0.2, 0) is 0 Å². The number of aromatic carboxylic acids is 1. The Morgan fingerprint density at radius 2 is 1.75 bits per heavy atom. The summed E-state index contributed by atoms with van der Waals surface area (Å²) in [6.45, 7) is 0. The molecule has 0 aliphatic rings. The second-order valence-electron chi connectivity index (χ2n) is 4.07. The van der Waals surface area contributed by atoms with Crippen LogP contribution in [-0.4, -0.2) is 17.0 Å². The van der Waals surface area contributed by atoms with Gasteiger partial charge in [0.05, 0.1) is 11.3 Å². The third-order valence-corrected chi connectivity index (χ3v) is 2.87. The Bertz CT molecular complexity index is 669. The summed E-state index contributed by atoms with van der Waals surface area (Å²) >= 11 is 5.74. The molecule has 1 amide bonds. The molecule has 0 spiro atoms. The molecule has 0 radical (unpaired) electrons. The van der Waals surface area contributed by atoms with E-state index in [4.69, 9.17) is 22.4 Å². The third kappa shape index (κ3) is 3.07. The number of nitrogens with two attached hydrogens (primary N) is 1. The number of amides is 1. The summed E-state index contributed by atoms with van der Waals surface area (Å²) in [4.78, 5) is 23.1. The lowest BCUT2D eigenvalue weighted by Gasteiger charge is -2.09. The number of benzene rings is 2. The third-order valence-electron chi connectivity index (χ3n) is 2.63. The number of nitrogen functional groups attached to an aromatic ring is 1. The zero-order valence-electron chi connectivity index (χ0n) is 10.3. The predicted octanol–water partition coefficient (Wildman–Crippen LogP) is 2.87. The van der Waals surface area contributed by atoms with Crippen LogP contribution in [0.1, 0.15) is 20.7 Å². The second-order valence-corrected chi connectivity index (χ2v) is 4.51. The second kappa shape index (κ2) is 5.63. The summed E-state index contributed by atoms with van der Waals surface area (Å²) < 4.78 is 0. The molecular weight excluding hydrogens is 280 g/mol. The standard InChI is InChI=1S/C14H11ClN2O3/c15-9-3-6-12(11(7-9)14(19)20)17-13(18)8-1-4-10(16)5-2-8/h1-7H,16H2,(H,17,18)(H,19,20). The summed E-state index contributed by atoms with van der Waals surface area (Å²) in [6, 6.07) is 10.5. The van der Waals surface area contributed by atoms with Crippen molar-refractivity contribution in [1.82, 2.24) is 0 Å². The maximum Gasteiger partial charge on any atom is 0.337 e. The van der Waals surface area contributed by atoms with Crippen LogP contribution in [0.15, 0.2) is 42.5 Å². The number of carbonyl (C=O) groups excluding carboxylic acids is 1. The molecule has 0 aliphatic heterocycles. The number of rotatable bonds is 3. The lowest BCUT2D eigenvalue weighted by molar-refractivity contribution is 0.0698. The van der Waals surface area contributed by atoms with Crippen LogP contribution in [0.3, 0.4) is 0 Å². The van der Waals surface area contributed by atoms with Crippen molar-refractivity contribution in [2.24, 2.45) is 0 Å². The van der Waals surface area contributed by atoms with Gasteiger partial charge in [-0.1, -0.05) is 11.6 Å². The first-order valence-corrected chi connectivity index (χ1v) is 6.05. The Morgan fingerprint density at radius 3 is 2.35 bits per heavy atom. The molecule has 0 bridgehead atoms. The van der Waals surface area contributed by atoms with Crippen molar-refractivity contribution in [1.29, 1.82) is 0 Å². The molecule has 5 nitrogen and oxygen atoms in total. The predicted molar refractivity (Wildman–Crippen MR) is 77.2 cm³/mol. The summed E-state index contributed by atoms with van der Waals surface area (Å²) in [5, 5.41) is 11.9. The molecule has 0 aromatic heterocycles. The molecule has 0 heterocycles. The van der Waals surface area contributed by atoms with Crippen LogP contribution in [0, 0.1) is 0 Å². The van der Waals surface area contributed by atoms with Gasteiger partial charge >= 0.3 is 5.97 Å². The van der Waals surface area contributed by atoms with Crippen molar-refractivity contribution in [2.45, 2.75) is 0 Å². The van der Waals surface area contributed by atoms with E-state index in [1.807, 2.05) is 0 Å². The van der Waals surface area contributed by atoms with E-state index in [2.05, 4.69) is 5.32 Å². The van der Waals surface area contributed by atoms with Crippen molar-refractivity contribution >= 4 is 34.9 Å². The topological polar surface area (TPSA) is 92.4 Å². The number of hydrogen-bond acceptors (Lipinski definition) is 3. The Hall–Kier alpha value is -2.53. The van der Waals surface area contributed by atoms with E-state index >= 15 is 0 Å². The molecule has 0 fully saturated rings. The Labute approximate surface area is 120 Å². The molecule has 6 heteroatoms. The van der Waals surface area contributed by atoms with Gasteiger partial charge in [0.1, 0.15) is 0 Å². The van der Waals surface area contributed by atoms with E-state index < -0.39 is 11.9 Å². The van der Waals surface area contributed by atoms with Crippen LogP contribution >= 0.6 is 11.6 Å². The molecule has 0 saturated carbocycles. The smallest absolute Gasteiger partial charge is 0.337 e. The normalized spacial score (nSPS) is 10.1. The first-order chi connectivity index (χ1) is 9.47. The number of anilines is 2. The van der Waals surface area contributed by atoms with Gasteiger partial charge in [0.25, 0.3) is 5.91 Å². The fourth-order valence-corrected chi connectivity index (χ4v) is 1.80. The van der Waals surface area contributed by atoms with Crippen molar-refractivity contribution in [3.8, 4) is 0 Å². The largest absolute Gasteiger partial charge is 0.478 e. The Kier molecular flexibility index (Phi) is 3.91. The highest BCUT2D eigenvalue weighted by Crippen LogP contribution is 2.21. The highest BCUT2D eigenvalue weighted by molar-refractivity contribution is 6.31. The average molecular weight is 291 g/mol. The molecule has 20 heavy (non-hydrogen) atoms. The minimum Gasteiger partial charge on any atom is -0.478 e. The Morgan fingerprint density at radius 1 is 1.10 bits per heavy atom. The van der Waals surface area contributed by atoms with Gasteiger partial charge in [-0.3, -0.25) is 4.79 Å². The zero-order chi connectivity index (χ0) is 14.7. The quantitative estimate of drug-likeness (QED) is 0.758. The zero-order valence-corrected chi connectivity index (χ0v) is 11.0. The van der Waals surface area contributed by atoms with Gasteiger partial charge in [0, 0.05) is 16.3 Å². The monoisotopic (exact) mass is 290 g/mol. The number of halogens is 1. The molecule has 2 rings (SSSR count). The molecule has 2 aromatic rings. The minimum atomic E-state index is -1.17. The van der Waals surface area contributed by atoms with Gasteiger partial charge in [-0.2, -0.15) is 0 Å². The fourth-order valence-electron chi connectivity index (χ4n) is 1.63. The molecule has 102 valence electrons. The maximum absolute atomic E-state index is 12.0. The van der Waals surface area contributed by atoms with Crippen LogP contribution in [0.2, 0.25) is 5.02 Å². The number of nitrogens with one attached hydrogen (secondary N) is 1. The highest BCUT2D eigenvalue weighted by atomic mass is 35.5. The van der Waals surface area contributed by atoms with Crippen LogP contribution in [0.4, 0.5) is 11.4 Å². The maximum atomic E-state index is 12.0. The molecule has 2 aromatic carbocycles. The number of hydrogen-bond donors (Lipinski definition) is 3. The Balaban J connectivity index is 2.28. The van der Waals surface area contributed by atoms with Crippen molar-refractivity contribution in [3.05, 3.63) is 58.6 Å². The first-order valence-electron chi connectivity index (χ1n) is 5.67. The van der Waals surface area contributed by atoms with Gasteiger partial charge < -0.3 is 16.2 Å². The summed E-state index contributed by atoms with van der Waals surface area (Å²) in [5.74, 6) is -1.59. The minimum absolute atomic E-state index is 0.0682. The summed E-state index contributed by atoms with van der Waals surface area (Å²) in [6.07, 6.45) is 0. The van der Waals surface area contributed by atoms with Crippen molar-refractivity contribution < 1.29 is 14.7 Å². The number of carboxylic acid groups (broad SMARTS) is 1. The first kappa shape index (κ1) is 13.9. The van der Waals surface area contributed by atoms with Crippen LogP contribution < -0.4 is 11.1 Å². The number of carboxylic acids is 1. The van der Waals surface area contributed by atoms with Gasteiger partial charge in [-0.05, 0) is 42.5 Å². The summed E-state index contributed by atoms with van der Waals surface area (Å²) in [7, 11) is 0. The van der Waals surface area contributed by atoms with Gasteiger partial charge in [0.2, 0.25) is 0 Å². The molecule has 0 unspecified atom stereocenters. The van der Waals surface area contributed by atoms with Crippen molar-refractivity contribution in [2.75, 3.05) is 11.1 Å². The lowest BCUT2D eigenvalue weighted by Crippen LogP contribution is -2.14. The van der Waals surface area contributed by atoms with Gasteiger partial charge in [0.15, 0.2) is 0 Å². The van der Waals surface area contributed by atoms with E-state index in [0.717, 1.165) is 0 Å². The van der Waals surface area contributed by atoms with Crippen LogP contribution in [0.5, 0.6) is 0 Å². The van der Waals surface area contributed by atoms with Crippen LogP contribution in [0.25, 0.3) is 0 Å². The van der Waals surface area contributed by atoms with E-state index in [1.54, 1.807) is 24.3 Å². The molecular formula is C14H11ClN2O3. The number of carbonyl (C=O) groups is 2. The lowest BCUT2D eigenvalue weighted by atomic mass is 10.1. The molecule has 4 N–H and O–H groups in total. The SMILES string of the molecule is Nc1ccc(C(=O)Nc2ccc(Cl)cc2C(=O)O)cc1. The molecule has 0 saturated heterocycles. The van der Waals surface area contributed by atoms with E-state index in [9.17, 15) is 9.59 Å². The molecule has 0 aliphatic carbocycles. The average Bonchev–Trinajstić information content (AvgIpc) is 2.41.